The highest BCUT2D eigenvalue weighted by atomic mass is 32.2. The quantitative estimate of drug-likeness (QED) is 0.153. The molecule has 0 aliphatic heterocycles. The summed E-state index contributed by atoms with van der Waals surface area (Å²) < 4.78 is 141. The molecule has 18 heteroatoms. The third kappa shape index (κ3) is 7.39. The number of ketones is 1. The minimum absolute atomic E-state index is 0.751. The van der Waals surface area contributed by atoms with Gasteiger partial charge in [-0.05, 0) is 6.92 Å². The second kappa shape index (κ2) is 9.43. The third-order valence-electron chi connectivity index (χ3n) is 3.07. The second-order valence-electron chi connectivity index (χ2n) is 5.58. The lowest BCUT2D eigenvalue weighted by molar-refractivity contribution is -0.348. The summed E-state index contributed by atoms with van der Waals surface area (Å²) in [6, 6.07) is 0. The van der Waals surface area contributed by atoms with E-state index in [4.69, 9.17) is 4.55 Å². The van der Waals surface area contributed by atoms with E-state index in [1.165, 1.54) is 5.32 Å². The maximum Gasteiger partial charge on any atom is 0.466 e. The molecule has 0 heterocycles. The molecule has 180 valence electrons. The lowest BCUT2D eigenvalue weighted by atomic mass is 10.2. The first-order valence-corrected chi connectivity index (χ1v) is 8.85. The minimum atomic E-state index is -6.23. The molecule has 0 aliphatic carbocycles. The van der Waals surface area contributed by atoms with Gasteiger partial charge in [-0.1, -0.05) is 6.58 Å². The number of hydrogen-bond acceptors (Lipinski definition) is 7. The SMILES string of the molecule is C=C(C(=O)OC(OCCC(F)(F)S(=O)(=O)O)(C(=O)NCC(C)=O)C(F)(F)F)C(F)(F)F. The summed E-state index contributed by atoms with van der Waals surface area (Å²) >= 11 is 0. The number of halogens is 8. The molecule has 2 N–H and O–H groups in total. The molecule has 0 aromatic heterocycles. The van der Waals surface area contributed by atoms with Crippen molar-refractivity contribution >= 4 is 27.8 Å². The van der Waals surface area contributed by atoms with E-state index in [1.54, 1.807) is 0 Å². The predicted molar refractivity (Wildman–Crippen MR) is 80.8 cm³/mol. The summed E-state index contributed by atoms with van der Waals surface area (Å²) in [6.07, 6.45) is -14.1. The maximum atomic E-state index is 13.5. The topological polar surface area (TPSA) is 136 Å². The van der Waals surface area contributed by atoms with E-state index in [0.29, 0.717) is 0 Å². The Morgan fingerprint density at radius 2 is 1.52 bits per heavy atom. The smallest absolute Gasteiger partial charge is 0.412 e. The van der Waals surface area contributed by atoms with Crippen LogP contribution < -0.4 is 5.32 Å². The molecule has 0 fully saturated rings. The van der Waals surface area contributed by atoms with Crippen molar-refractivity contribution < 1.29 is 72.0 Å². The van der Waals surface area contributed by atoms with E-state index in [0.717, 1.165) is 6.92 Å². The summed E-state index contributed by atoms with van der Waals surface area (Å²) in [6.45, 7) is -0.386. The Labute approximate surface area is 168 Å². The van der Waals surface area contributed by atoms with Crippen molar-refractivity contribution in [2.24, 2.45) is 0 Å². The molecule has 0 spiro atoms. The van der Waals surface area contributed by atoms with E-state index in [9.17, 15) is 57.9 Å². The van der Waals surface area contributed by atoms with Crippen LogP contribution in [0.2, 0.25) is 0 Å². The number of nitrogens with one attached hydrogen (secondary N) is 1. The molecule has 9 nitrogen and oxygen atoms in total. The van der Waals surface area contributed by atoms with Gasteiger partial charge in [0.05, 0.1) is 19.6 Å². The molecule has 0 aromatic carbocycles. The summed E-state index contributed by atoms with van der Waals surface area (Å²) in [4.78, 5) is 34.2. The fourth-order valence-electron chi connectivity index (χ4n) is 1.48. The van der Waals surface area contributed by atoms with Crippen LogP contribution in [-0.2, 0) is 34.0 Å². The standard InChI is InChI=1S/C13H13F8NO8S/c1-6(23)5-22-9(25)11(13(19,20)21,30-8(24)7(2)12(16,17)18)29-4-3-10(14,15)31(26,27)28/h2-5H2,1H3,(H,22,25)(H,26,27,28). The summed E-state index contributed by atoms with van der Waals surface area (Å²) in [7, 11) is -6.16. The van der Waals surface area contributed by atoms with Crippen molar-refractivity contribution in [1.82, 2.24) is 5.32 Å². The molecule has 31 heavy (non-hydrogen) atoms. The van der Waals surface area contributed by atoms with Gasteiger partial charge < -0.3 is 14.8 Å². The van der Waals surface area contributed by atoms with Crippen LogP contribution in [0.25, 0.3) is 0 Å². The van der Waals surface area contributed by atoms with E-state index in [1.807, 2.05) is 0 Å². The van der Waals surface area contributed by atoms with Crippen molar-refractivity contribution in [3.05, 3.63) is 12.2 Å². The second-order valence-corrected chi connectivity index (χ2v) is 7.12. The molecule has 1 unspecified atom stereocenters. The van der Waals surface area contributed by atoms with Crippen molar-refractivity contribution in [3.63, 3.8) is 0 Å². The number of carbonyl (C=O) groups excluding carboxylic acids is 3. The molecule has 0 saturated heterocycles. The van der Waals surface area contributed by atoms with Gasteiger partial charge in [-0.2, -0.15) is 43.5 Å². The Morgan fingerprint density at radius 3 is 1.87 bits per heavy atom. The Kier molecular flexibility index (Phi) is 8.72. The van der Waals surface area contributed by atoms with Gasteiger partial charge in [-0.25, -0.2) is 4.79 Å². The number of alkyl halides is 8. The molecular weight excluding hydrogens is 482 g/mol. The van der Waals surface area contributed by atoms with Crippen molar-refractivity contribution in [1.29, 1.82) is 0 Å². The lowest BCUT2D eigenvalue weighted by Crippen LogP contribution is -2.62. The van der Waals surface area contributed by atoms with Crippen LogP contribution in [0.5, 0.6) is 0 Å². The number of ether oxygens (including phenoxy) is 2. The number of hydrogen-bond donors (Lipinski definition) is 2. The number of amides is 1. The fourth-order valence-corrected chi connectivity index (χ4v) is 1.82. The van der Waals surface area contributed by atoms with Crippen molar-refractivity contribution in [2.45, 2.75) is 36.7 Å². The third-order valence-corrected chi connectivity index (χ3v) is 4.03. The van der Waals surface area contributed by atoms with Crippen LogP contribution in [-0.4, -0.2) is 67.2 Å². The Morgan fingerprint density at radius 1 is 1.03 bits per heavy atom. The molecule has 0 aliphatic rings. The molecule has 0 bridgehead atoms. The molecule has 1 amide bonds. The first-order valence-electron chi connectivity index (χ1n) is 7.41. The number of rotatable bonds is 10. The molecular formula is C13H13F8NO8S. The first-order chi connectivity index (χ1) is 13.6. The lowest BCUT2D eigenvalue weighted by Gasteiger charge is -2.33. The van der Waals surface area contributed by atoms with Gasteiger partial charge in [0, 0.05) is 0 Å². The van der Waals surface area contributed by atoms with Crippen LogP contribution in [0.15, 0.2) is 12.2 Å². The predicted octanol–water partition coefficient (Wildman–Crippen LogP) is 1.50. The van der Waals surface area contributed by atoms with Crippen LogP contribution >= 0.6 is 0 Å². The van der Waals surface area contributed by atoms with E-state index >= 15 is 0 Å². The van der Waals surface area contributed by atoms with E-state index in [-0.39, 0.29) is 0 Å². The molecule has 0 rings (SSSR count). The Hall–Kier alpha value is -2.34. The van der Waals surface area contributed by atoms with Crippen LogP contribution in [0.1, 0.15) is 13.3 Å². The number of esters is 1. The zero-order chi connectivity index (χ0) is 25.1. The Balaban J connectivity index is 6.15. The van der Waals surface area contributed by atoms with Crippen molar-refractivity contribution in [3.8, 4) is 0 Å². The van der Waals surface area contributed by atoms with Gasteiger partial charge in [0.1, 0.15) is 11.4 Å². The van der Waals surface area contributed by atoms with Crippen LogP contribution in [0.3, 0.4) is 0 Å². The van der Waals surface area contributed by atoms with Gasteiger partial charge in [0.25, 0.3) is 0 Å². The monoisotopic (exact) mass is 495 g/mol. The van der Waals surface area contributed by atoms with Gasteiger partial charge in [-0.15, -0.1) is 0 Å². The highest BCUT2D eigenvalue weighted by molar-refractivity contribution is 7.86. The molecule has 0 aromatic rings. The molecule has 1 atom stereocenters. The van der Waals surface area contributed by atoms with Gasteiger partial charge in [0.2, 0.25) is 0 Å². The zero-order valence-corrected chi connectivity index (χ0v) is 15.9. The number of carbonyl (C=O) groups is 3. The zero-order valence-electron chi connectivity index (χ0n) is 15.1. The maximum absolute atomic E-state index is 13.5. The molecule has 0 saturated carbocycles. The molecule has 0 radical (unpaired) electrons. The highest BCUT2D eigenvalue weighted by Gasteiger charge is 2.67. The fraction of sp³-hybridized carbons (Fsp3) is 0.615. The highest BCUT2D eigenvalue weighted by Crippen LogP contribution is 2.38. The first kappa shape index (κ1) is 28.7. The van der Waals surface area contributed by atoms with Gasteiger partial charge >= 0.3 is 45.4 Å². The van der Waals surface area contributed by atoms with Crippen LogP contribution in [0.4, 0.5) is 35.1 Å². The van der Waals surface area contributed by atoms with Gasteiger partial charge in [-0.3, -0.25) is 14.1 Å². The average Bonchev–Trinajstić information content (AvgIpc) is 2.54. The Bertz CT molecular complexity index is 835. The normalized spacial score (nSPS) is 15.0. The van der Waals surface area contributed by atoms with Gasteiger partial charge in [0.15, 0.2) is 0 Å². The summed E-state index contributed by atoms with van der Waals surface area (Å²) in [5.74, 6) is -11.5. The van der Waals surface area contributed by atoms with E-state index in [2.05, 4.69) is 16.1 Å². The average molecular weight is 495 g/mol. The summed E-state index contributed by atoms with van der Waals surface area (Å²) in [5, 5.41) is -3.90. The number of Topliss-reactive ketones (excluding diaryl/α,β-unsaturated/α-hetero) is 1. The minimum Gasteiger partial charge on any atom is -0.412 e. The summed E-state index contributed by atoms with van der Waals surface area (Å²) in [5.41, 5.74) is -2.55. The van der Waals surface area contributed by atoms with Crippen molar-refractivity contribution in [2.75, 3.05) is 13.2 Å². The largest absolute Gasteiger partial charge is 0.466 e. The van der Waals surface area contributed by atoms with E-state index < -0.39 is 76.3 Å². The van der Waals surface area contributed by atoms with Crippen LogP contribution in [0, 0.1) is 0 Å².